The normalized spacial score (nSPS) is 9.86. The molecular weight excluding hydrogens is 191 g/mol. The molecule has 0 radical (unpaired) electrons. The van der Waals surface area contributed by atoms with E-state index in [1.165, 1.54) is 0 Å². The molecule has 14 heavy (non-hydrogen) atoms. The van der Waals surface area contributed by atoms with Crippen molar-refractivity contribution in [1.29, 1.82) is 0 Å². The monoisotopic (exact) mass is 200 g/mol. The molecule has 0 heterocycles. The quantitative estimate of drug-likeness (QED) is 0.778. The number of carboxylic acids is 1. The molecule has 0 bridgehead atoms. The van der Waals surface area contributed by atoms with E-state index in [-0.39, 0.29) is 5.75 Å². The maximum atomic E-state index is 13.1. The van der Waals surface area contributed by atoms with E-state index >= 15 is 0 Å². The number of hydrogen-bond acceptors (Lipinski definition) is 3. The molecule has 0 saturated carbocycles. The van der Waals surface area contributed by atoms with Crippen molar-refractivity contribution >= 4 is 5.97 Å². The second-order valence-electron chi connectivity index (χ2n) is 2.54. The number of carbonyl (C=O) groups is 1. The molecule has 0 aliphatic rings. The van der Waals surface area contributed by atoms with Gasteiger partial charge in [-0.15, -0.1) is 0 Å². The number of aromatic hydroxyl groups is 1. The first kappa shape index (κ1) is 10.3. The second kappa shape index (κ2) is 3.95. The summed E-state index contributed by atoms with van der Waals surface area (Å²) in [7, 11) is 0. The van der Waals surface area contributed by atoms with Crippen LogP contribution in [0.2, 0.25) is 0 Å². The van der Waals surface area contributed by atoms with Gasteiger partial charge in [0.2, 0.25) is 0 Å². The number of aromatic carboxylic acids is 1. The third kappa shape index (κ3) is 1.93. The first-order valence-corrected chi connectivity index (χ1v) is 3.94. The number of ether oxygens (including phenoxy) is 1. The van der Waals surface area contributed by atoms with Gasteiger partial charge in [0.15, 0.2) is 0 Å². The molecule has 0 aliphatic carbocycles. The van der Waals surface area contributed by atoms with Crippen molar-refractivity contribution in [3.63, 3.8) is 0 Å². The van der Waals surface area contributed by atoms with E-state index in [2.05, 4.69) is 0 Å². The lowest BCUT2D eigenvalue weighted by atomic mass is 10.2. The molecule has 0 atom stereocenters. The molecule has 0 aliphatic heterocycles. The van der Waals surface area contributed by atoms with Gasteiger partial charge in [0, 0.05) is 12.1 Å². The Bertz CT molecular complexity index is 339. The van der Waals surface area contributed by atoms with Gasteiger partial charge in [-0.25, -0.2) is 9.18 Å². The fourth-order valence-electron chi connectivity index (χ4n) is 1.03. The van der Waals surface area contributed by atoms with E-state index in [1.807, 2.05) is 0 Å². The van der Waals surface area contributed by atoms with Crippen molar-refractivity contribution in [2.75, 3.05) is 6.61 Å². The maximum absolute atomic E-state index is 13.1. The Hall–Kier alpha value is -1.78. The Morgan fingerprint density at radius 3 is 2.64 bits per heavy atom. The summed E-state index contributed by atoms with van der Waals surface area (Å²) in [6.45, 7) is 2.01. The third-order valence-electron chi connectivity index (χ3n) is 1.57. The predicted molar refractivity (Wildman–Crippen MR) is 46.2 cm³/mol. The van der Waals surface area contributed by atoms with E-state index in [1.54, 1.807) is 6.92 Å². The highest BCUT2D eigenvalue weighted by Gasteiger charge is 2.17. The smallest absolute Gasteiger partial charge is 0.342 e. The van der Waals surface area contributed by atoms with Crippen molar-refractivity contribution in [2.45, 2.75) is 6.92 Å². The Balaban J connectivity index is 3.18. The molecule has 0 unspecified atom stereocenters. The van der Waals surface area contributed by atoms with Gasteiger partial charge in [-0.05, 0) is 6.92 Å². The van der Waals surface area contributed by atoms with Crippen LogP contribution >= 0.6 is 0 Å². The van der Waals surface area contributed by atoms with E-state index < -0.39 is 23.1 Å². The Kier molecular flexibility index (Phi) is 2.91. The molecule has 0 aromatic heterocycles. The average Bonchev–Trinajstić information content (AvgIpc) is 2.01. The zero-order valence-electron chi connectivity index (χ0n) is 7.45. The van der Waals surface area contributed by atoms with Crippen LogP contribution in [0.15, 0.2) is 12.1 Å². The van der Waals surface area contributed by atoms with Crippen LogP contribution in [0.5, 0.6) is 11.5 Å². The minimum atomic E-state index is -1.51. The zero-order chi connectivity index (χ0) is 10.7. The number of rotatable bonds is 3. The average molecular weight is 200 g/mol. The minimum Gasteiger partial charge on any atom is -0.507 e. The topological polar surface area (TPSA) is 66.8 Å². The molecule has 5 heteroatoms. The lowest BCUT2D eigenvalue weighted by Crippen LogP contribution is -2.02. The summed E-state index contributed by atoms with van der Waals surface area (Å²) in [5.74, 6) is -3.06. The molecule has 4 nitrogen and oxygen atoms in total. The number of benzene rings is 1. The minimum absolute atomic E-state index is 0.104. The van der Waals surface area contributed by atoms with Crippen LogP contribution in [0.1, 0.15) is 17.3 Å². The standard InChI is InChI=1S/C9H9FO4/c1-2-14-5-3-6(10)8(9(12)13)7(11)4-5/h3-4,11H,2H2,1H3,(H,12,13). The van der Waals surface area contributed by atoms with Gasteiger partial charge in [0.05, 0.1) is 6.61 Å². The van der Waals surface area contributed by atoms with E-state index in [9.17, 15) is 9.18 Å². The number of carboxylic acid groups (broad SMARTS) is 1. The van der Waals surface area contributed by atoms with E-state index in [4.69, 9.17) is 14.9 Å². The van der Waals surface area contributed by atoms with Crippen molar-refractivity contribution in [1.82, 2.24) is 0 Å². The number of hydrogen-bond donors (Lipinski definition) is 2. The molecule has 1 aromatic rings. The van der Waals surface area contributed by atoms with Gasteiger partial charge in [-0.2, -0.15) is 0 Å². The highest BCUT2D eigenvalue weighted by molar-refractivity contribution is 5.91. The van der Waals surface area contributed by atoms with Gasteiger partial charge in [-0.1, -0.05) is 0 Å². The maximum Gasteiger partial charge on any atom is 0.342 e. The largest absolute Gasteiger partial charge is 0.507 e. The molecule has 0 saturated heterocycles. The van der Waals surface area contributed by atoms with E-state index in [0.717, 1.165) is 12.1 Å². The Labute approximate surface area is 79.6 Å². The summed E-state index contributed by atoms with van der Waals surface area (Å²) in [6.07, 6.45) is 0. The third-order valence-corrected chi connectivity index (χ3v) is 1.57. The Morgan fingerprint density at radius 2 is 2.21 bits per heavy atom. The molecule has 1 rings (SSSR count). The molecule has 2 N–H and O–H groups in total. The van der Waals surface area contributed by atoms with Gasteiger partial charge < -0.3 is 14.9 Å². The molecule has 0 fully saturated rings. The van der Waals surface area contributed by atoms with Crippen molar-refractivity contribution in [3.8, 4) is 11.5 Å². The molecule has 1 aromatic carbocycles. The van der Waals surface area contributed by atoms with Crippen LogP contribution in [-0.4, -0.2) is 22.8 Å². The second-order valence-corrected chi connectivity index (χ2v) is 2.54. The summed E-state index contributed by atoms with van der Waals surface area (Å²) in [5, 5.41) is 17.7. The van der Waals surface area contributed by atoms with Crippen LogP contribution in [0.25, 0.3) is 0 Å². The van der Waals surface area contributed by atoms with Crippen molar-refractivity contribution < 1.29 is 24.1 Å². The van der Waals surface area contributed by atoms with Gasteiger partial charge >= 0.3 is 5.97 Å². The zero-order valence-corrected chi connectivity index (χ0v) is 7.45. The number of halogens is 1. The van der Waals surface area contributed by atoms with E-state index in [0.29, 0.717) is 6.61 Å². The van der Waals surface area contributed by atoms with Crippen LogP contribution in [0, 0.1) is 5.82 Å². The van der Waals surface area contributed by atoms with Gasteiger partial charge in [-0.3, -0.25) is 0 Å². The lowest BCUT2D eigenvalue weighted by molar-refractivity contribution is 0.0688. The predicted octanol–water partition coefficient (Wildman–Crippen LogP) is 1.63. The molecule has 76 valence electrons. The first-order chi connectivity index (χ1) is 6.56. The van der Waals surface area contributed by atoms with Crippen LogP contribution in [0.3, 0.4) is 0 Å². The first-order valence-electron chi connectivity index (χ1n) is 3.94. The molecule has 0 amide bonds. The fourth-order valence-corrected chi connectivity index (χ4v) is 1.03. The summed E-state index contributed by atoms with van der Waals surface area (Å²) >= 11 is 0. The highest BCUT2D eigenvalue weighted by atomic mass is 19.1. The summed E-state index contributed by atoms with van der Waals surface area (Å²) in [4.78, 5) is 10.5. The van der Waals surface area contributed by atoms with Gasteiger partial charge in [0.25, 0.3) is 0 Å². The van der Waals surface area contributed by atoms with Gasteiger partial charge in [0.1, 0.15) is 22.9 Å². The van der Waals surface area contributed by atoms with Crippen molar-refractivity contribution in [2.24, 2.45) is 0 Å². The highest BCUT2D eigenvalue weighted by Crippen LogP contribution is 2.26. The van der Waals surface area contributed by atoms with Crippen molar-refractivity contribution in [3.05, 3.63) is 23.5 Å². The molecule has 0 spiro atoms. The summed E-state index contributed by atoms with van der Waals surface area (Å²) in [5.41, 5.74) is -0.742. The molecular formula is C9H9FO4. The Morgan fingerprint density at radius 1 is 1.57 bits per heavy atom. The number of phenols is 1. The SMILES string of the molecule is CCOc1cc(O)c(C(=O)O)c(F)c1. The van der Waals surface area contributed by atoms with Crippen LogP contribution in [-0.2, 0) is 0 Å². The van der Waals surface area contributed by atoms with Crippen LogP contribution < -0.4 is 4.74 Å². The fraction of sp³-hybridized carbons (Fsp3) is 0.222. The van der Waals surface area contributed by atoms with Crippen LogP contribution in [0.4, 0.5) is 4.39 Å². The lowest BCUT2D eigenvalue weighted by Gasteiger charge is -2.06. The summed E-state index contributed by atoms with van der Waals surface area (Å²) < 4.78 is 18.0. The summed E-state index contributed by atoms with van der Waals surface area (Å²) in [6, 6.07) is 1.99.